The van der Waals surface area contributed by atoms with Gasteiger partial charge in [0, 0.05) is 44.2 Å². The summed E-state index contributed by atoms with van der Waals surface area (Å²) in [4.78, 5) is 17.9. The maximum atomic E-state index is 13.4. The zero-order chi connectivity index (χ0) is 23.4. The van der Waals surface area contributed by atoms with Gasteiger partial charge in [-0.15, -0.1) is 11.8 Å². The van der Waals surface area contributed by atoms with Crippen molar-refractivity contribution in [2.75, 3.05) is 70.7 Å². The lowest BCUT2D eigenvalue weighted by Crippen LogP contribution is -2.48. The molecule has 178 valence electrons. The number of piperazine rings is 1. The quantitative estimate of drug-likeness (QED) is 0.574. The summed E-state index contributed by atoms with van der Waals surface area (Å²) in [5, 5.41) is 0. The highest BCUT2D eigenvalue weighted by molar-refractivity contribution is 7.98. The second kappa shape index (κ2) is 10.3. The molecule has 0 radical (unpaired) electrons. The predicted octanol–water partition coefficient (Wildman–Crippen LogP) is 2.40. The Bertz CT molecular complexity index is 1100. The van der Waals surface area contributed by atoms with Crippen molar-refractivity contribution in [3.63, 3.8) is 0 Å². The summed E-state index contributed by atoms with van der Waals surface area (Å²) in [6.45, 7) is 3.84. The second-order valence-electron chi connectivity index (χ2n) is 7.83. The summed E-state index contributed by atoms with van der Waals surface area (Å²) < 4.78 is 39.2. The van der Waals surface area contributed by atoms with Gasteiger partial charge in [-0.3, -0.25) is 4.79 Å². The number of sulfonamides is 1. The molecule has 2 aromatic rings. The standard InChI is InChI=1S/C23H29N3O5S2/c1-30-21-6-4-3-5-20(21)24-9-11-26(12-10-24)33(28,29)18-7-8-22(32-2)19(17-18)23(27)25-13-15-31-16-14-25/h3-8,17H,9-16H2,1-2H3. The number of hydrogen-bond acceptors (Lipinski definition) is 7. The maximum absolute atomic E-state index is 13.4. The van der Waals surface area contributed by atoms with E-state index in [1.165, 1.54) is 22.1 Å². The Kier molecular flexibility index (Phi) is 7.48. The Morgan fingerprint density at radius 3 is 2.36 bits per heavy atom. The van der Waals surface area contributed by atoms with E-state index < -0.39 is 10.0 Å². The molecule has 0 aliphatic carbocycles. The summed E-state index contributed by atoms with van der Waals surface area (Å²) in [5.41, 5.74) is 1.39. The number of para-hydroxylation sites is 2. The number of thioether (sulfide) groups is 1. The van der Waals surface area contributed by atoms with Crippen molar-refractivity contribution in [2.45, 2.75) is 9.79 Å². The number of hydrogen-bond donors (Lipinski definition) is 0. The molecule has 2 aliphatic rings. The van der Waals surface area contributed by atoms with E-state index in [1.54, 1.807) is 24.1 Å². The van der Waals surface area contributed by atoms with Gasteiger partial charge in [0.25, 0.3) is 5.91 Å². The molecule has 2 fully saturated rings. The van der Waals surface area contributed by atoms with Crippen LogP contribution in [0.3, 0.4) is 0 Å². The first-order valence-corrected chi connectivity index (χ1v) is 13.6. The van der Waals surface area contributed by atoms with Crippen LogP contribution in [0.4, 0.5) is 5.69 Å². The summed E-state index contributed by atoms with van der Waals surface area (Å²) in [5.74, 6) is 0.619. The summed E-state index contributed by atoms with van der Waals surface area (Å²) in [6, 6.07) is 12.6. The molecule has 0 saturated carbocycles. The van der Waals surface area contributed by atoms with E-state index in [2.05, 4.69) is 4.90 Å². The van der Waals surface area contributed by atoms with Gasteiger partial charge >= 0.3 is 0 Å². The van der Waals surface area contributed by atoms with Crippen molar-refractivity contribution in [1.29, 1.82) is 0 Å². The SMILES string of the molecule is COc1ccccc1N1CCN(S(=O)(=O)c2ccc(SC)c(C(=O)N3CCOCC3)c2)CC1. The van der Waals surface area contributed by atoms with Crippen molar-refractivity contribution in [3.05, 3.63) is 48.0 Å². The fourth-order valence-electron chi connectivity index (χ4n) is 4.16. The van der Waals surface area contributed by atoms with E-state index >= 15 is 0 Å². The first kappa shape index (κ1) is 23.9. The molecule has 0 atom stereocenters. The van der Waals surface area contributed by atoms with Crippen LogP contribution in [0.25, 0.3) is 0 Å². The first-order valence-electron chi connectivity index (χ1n) is 10.9. The van der Waals surface area contributed by atoms with E-state index in [4.69, 9.17) is 9.47 Å². The average molecular weight is 492 g/mol. The third-order valence-electron chi connectivity index (χ3n) is 6.00. The van der Waals surface area contributed by atoms with Gasteiger partial charge in [-0.2, -0.15) is 4.31 Å². The molecule has 4 rings (SSSR count). The van der Waals surface area contributed by atoms with Gasteiger partial charge in [-0.05, 0) is 36.6 Å². The Hall–Kier alpha value is -2.27. The number of nitrogens with zero attached hydrogens (tertiary/aromatic N) is 3. The molecule has 2 heterocycles. The number of ether oxygens (including phenoxy) is 2. The molecule has 2 aromatic carbocycles. The summed E-state index contributed by atoms with van der Waals surface area (Å²) in [6.07, 6.45) is 1.89. The van der Waals surface area contributed by atoms with Gasteiger partial charge in [-0.1, -0.05) is 12.1 Å². The highest BCUT2D eigenvalue weighted by atomic mass is 32.2. The van der Waals surface area contributed by atoms with E-state index in [9.17, 15) is 13.2 Å². The van der Waals surface area contributed by atoms with E-state index in [-0.39, 0.29) is 10.8 Å². The molecular formula is C23H29N3O5S2. The number of carbonyl (C=O) groups is 1. The maximum Gasteiger partial charge on any atom is 0.255 e. The predicted molar refractivity (Wildman–Crippen MR) is 129 cm³/mol. The number of benzene rings is 2. The third kappa shape index (κ3) is 4.98. The fraction of sp³-hybridized carbons (Fsp3) is 0.435. The molecule has 8 nitrogen and oxygen atoms in total. The van der Waals surface area contributed by atoms with Crippen molar-refractivity contribution in [2.24, 2.45) is 0 Å². The van der Waals surface area contributed by atoms with Crippen LogP contribution >= 0.6 is 11.8 Å². The molecular weight excluding hydrogens is 462 g/mol. The van der Waals surface area contributed by atoms with E-state index in [0.29, 0.717) is 58.0 Å². The molecule has 0 aromatic heterocycles. The van der Waals surface area contributed by atoms with E-state index in [1.807, 2.05) is 30.5 Å². The van der Waals surface area contributed by atoms with Crippen LogP contribution in [0, 0.1) is 0 Å². The van der Waals surface area contributed by atoms with Gasteiger partial charge in [-0.25, -0.2) is 8.42 Å². The Labute approximate surface area is 199 Å². The number of rotatable bonds is 6. The largest absolute Gasteiger partial charge is 0.495 e. The zero-order valence-corrected chi connectivity index (χ0v) is 20.5. The molecule has 2 saturated heterocycles. The molecule has 0 bridgehead atoms. The lowest BCUT2D eigenvalue weighted by Gasteiger charge is -2.36. The molecule has 0 N–H and O–H groups in total. The molecule has 2 aliphatic heterocycles. The number of morpholine rings is 1. The van der Waals surface area contributed by atoms with E-state index in [0.717, 1.165) is 16.3 Å². The van der Waals surface area contributed by atoms with Gasteiger partial charge < -0.3 is 19.3 Å². The molecule has 10 heteroatoms. The van der Waals surface area contributed by atoms with Crippen molar-refractivity contribution < 1.29 is 22.7 Å². The topological polar surface area (TPSA) is 79.4 Å². The minimum atomic E-state index is -3.72. The summed E-state index contributed by atoms with van der Waals surface area (Å²) >= 11 is 1.44. The van der Waals surface area contributed by atoms with Crippen molar-refractivity contribution in [3.8, 4) is 5.75 Å². The van der Waals surface area contributed by atoms with Crippen LogP contribution in [0.2, 0.25) is 0 Å². The third-order valence-corrected chi connectivity index (χ3v) is 8.69. The van der Waals surface area contributed by atoms with Crippen molar-refractivity contribution in [1.82, 2.24) is 9.21 Å². The Morgan fingerprint density at radius 1 is 1.00 bits per heavy atom. The molecule has 0 unspecified atom stereocenters. The summed E-state index contributed by atoms with van der Waals surface area (Å²) in [7, 11) is -2.09. The molecule has 1 amide bonds. The monoisotopic (exact) mass is 491 g/mol. The smallest absolute Gasteiger partial charge is 0.255 e. The van der Waals surface area contributed by atoms with Gasteiger partial charge in [0.15, 0.2) is 0 Å². The number of carbonyl (C=O) groups excluding carboxylic acids is 1. The minimum absolute atomic E-state index is 0.152. The highest BCUT2D eigenvalue weighted by Crippen LogP contribution is 2.30. The lowest BCUT2D eigenvalue weighted by molar-refractivity contribution is 0.0300. The van der Waals surface area contributed by atoms with Crippen molar-refractivity contribution >= 4 is 33.4 Å². The number of methoxy groups -OCH3 is 1. The number of amides is 1. The first-order chi connectivity index (χ1) is 16.0. The second-order valence-corrected chi connectivity index (χ2v) is 10.6. The van der Waals surface area contributed by atoms with Crippen LogP contribution < -0.4 is 9.64 Å². The number of anilines is 1. The highest BCUT2D eigenvalue weighted by Gasteiger charge is 2.31. The van der Waals surface area contributed by atoms with Crippen LogP contribution in [0.1, 0.15) is 10.4 Å². The van der Waals surface area contributed by atoms with Gasteiger partial charge in [0.1, 0.15) is 5.75 Å². The Morgan fingerprint density at radius 2 is 1.70 bits per heavy atom. The normalized spacial score (nSPS) is 17.8. The van der Waals surface area contributed by atoms with Gasteiger partial charge in [0.05, 0.1) is 36.5 Å². The Balaban J connectivity index is 1.53. The van der Waals surface area contributed by atoms with Crippen LogP contribution in [0.5, 0.6) is 5.75 Å². The molecule has 33 heavy (non-hydrogen) atoms. The van der Waals surface area contributed by atoms with Crippen LogP contribution in [-0.4, -0.2) is 89.4 Å². The van der Waals surface area contributed by atoms with Crippen LogP contribution in [0.15, 0.2) is 52.3 Å². The van der Waals surface area contributed by atoms with Crippen LogP contribution in [-0.2, 0) is 14.8 Å². The molecule has 0 spiro atoms. The van der Waals surface area contributed by atoms with Gasteiger partial charge in [0.2, 0.25) is 10.0 Å². The fourth-order valence-corrected chi connectivity index (χ4v) is 6.18. The zero-order valence-electron chi connectivity index (χ0n) is 18.9. The lowest BCUT2D eigenvalue weighted by atomic mass is 10.2. The minimum Gasteiger partial charge on any atom is -0.495 e. The average Bonchev–Trinajstić information content (AvgIpc) is 2.88.